The summed E-state index contributed by atoms with van der Waals surface area (Å²) in [6.45, 7) is 7.70. The highest BCUT2D eigenvalue weighted by Crippen LogP contribution is 2.35. The van der Waals surface area contributed by atoms with Crippen molar-refractivity contribution in [3.05, 3.63) is 59.2 Å². The Kier molecular flexibility index (Phi) is 5.47. The summed E-state index contributed by atoms with van der Waals surface area (Å²) in [7, 11) is 0. The monoisotopic (exact) mass is 420 g/mol. The number of rotatable bonds is 4. The zero-order valence-electron chi connectivity index (χ0n) is 17.5. The third-order valence-corrected chi connectivity index (χ3v) is 6.61. The number of aliphatic imine (C=N–C) groups is 2. The smallest absolute Gasteiger partial charge is 0.258 e. The second-order valence-corrected chi connectivity index (χ2v) is 8.65. The summed E-state index contributed by atoms with van der Waals surface area (Å²) in [4.78, 5) is 36.7. The van der Waals surface area contributed by atoms with Crippen LogP contribution in [0.3, 0.4) is 0 Å². The molecule has 154 valence electrons. The zero-order chi connectivity index (χ0) is 21.4. The van der Waals surface area contributed by atoms with Gasteiger partial charge in [0, 0.05) is 11.3 Å². The highest BCUT2D eigenvalue weighted by Gasteiger charge is 2.40. The number of amidine groups is 2. The Labute approximate surface area is 180 Å². The lowest BCUT2D eigenvalue weighted by atomic mass is 10.1. The third kappa shape index (κ3) is 3.54. The van der Waals surface area contributed by atoms with Crippen molar-refractivity contribution in [2.45, 2.75) is 45.4 Å². The maximum absolute atomic E-state index is 13.1. The van der Waals surface area contributed by atoms with Gasteiger partial charge in [-0.05, 0) is 50.5 Å². The number of para-hydroxylation sites is 2. The standard InChI is InChI=1S/C23H24N4O2S/c1-5-18(21(28)26-19-13(2)9-8-10-14(19)3)30-23-25-17-12-7-6-11-16(17)20-24-15(4)22(29)27(20)23/h6-12,15,18H,5H2,1-4H3,(H,26,28). The van der Waals surface area contributed by atoms with Crippen LogP contribution in [0.5, 0.6) is 0 Å². The highest BCUT2D eigenvalue weighted by atomic mass is 32.2. The van der Waals surface area contributed by atoms with E-state index < -0.39 is 11.3 Å². The maximum Gasteiger partial charge on any atom is 0.258 e. The van der Waals surface area contributed by atoms with Crippen LogP contribution in [-0.4, -0.2) is 39.0 Å². The number of aryl methyl sites for hydroxylation is 2. The summed E-state index contributed by atoms with van der Waals surface area (Å²) in [5.74, 6) is 0.404. The van der Waals surface area contributed by atoms with Crippen LogP contribution in [-0.2, 0) is 9.59 Å². The van der Waals surface area contributed by atoms with Crippen molar-refractivity contribution in [3.8, 4) is 0 Å². The van der Waals surface area contributed by atoms with Gasteiger partial charge < -0.3 is 5.32 Å². The fraction of sp³-hybridized carbons (Fsp3) is 0.304. The minimum Gasteiger partial charge on any atom is -0.325 e. The van der Waals surface area contributed by atoms with Gasteiger partial charge in [0.05, 0.1) is 10.9 Å². The van der Waals surface area contributed by atoms with Crippen LogP contribution >= 0.6 is 11.8 Å². The summed E-state index contributed by atoms with van der Waals surface area (Å²) >= 11 is 1.31. The second-order valence-electron chi connectivity index (χ2n) is 7.48. The lowest BCUT2D eigenvalue weighted by Gasteiger charge is -2.27. The molecule has 0 fully saturated rings. The Morgan fingerprint density at radius 1 is 1.17 bits per heavy atom. The van der Waals surface area contributed by atoms with E-state index in [4.69, 9.17) is 4.99 Å². The van der Waals surface area contributed by atoms with Crippen molar-refractivity contribution < 1.29 is 9.59 Å². The van der Waals surface area contributed by atoms with E-state index in [1.807, 2.05) is 63.2 Å². The molecule has 2 unspecified atom stereocenters. The Bertz CT molecular complexity index is 1070. The molecule has 2 aliphatic heterocycles. The van der Waals surface area contributed by atoms with Gasteiger partial charge in [-0.25, -0.2) is 9.89 Å². The normalized spacial score (nSPS) is 18.3. The molecule has 2 heterocycles. The van der Waals surface area contributed by atoms with Gasteiger partial charge in [-0.3, -0.25) is 14.6 Å². The van der Waals surface area contributed by atoms with Gasteiger partial charge in [-0.2, -0.15) is 0 Å². The molecule has 0 aliphatic carbocycles. The van der Waals surface area contributed by atoms with E-state index >= 15 is 0 Å². The third-order valence-electron chi connectivity index (χ3n) is 5.30. The van der Waals surface area contributed by atoms with Gasteiger partial charge >= 0.3 is 0 Å². The molecule has 2 aromatic carbocycles. The average molecular weight is 421 g/mol. The fourth-order valence-electron chi connectivity index (χ4n) is 3.62. The van der Waals surface area contributed by atoms with Crippen LogP contribution in [0.1, 0.15) is 37.0 Å². The number of benzene rings is 2. The summed E-state index contributed by atoms with van der Waals surface area (Å²) in [5, 5.41) is 3.18. The molecule has 2 amide bonds. The van der Waals surface area contributed by atoms with Crippen LogP contribution < -0.4 is 5.32 Å². The van der Waals surface area contributed by atoms with Crippen LogP contribution in [0.15, 0.2) is 52.4 Å². The first-order valence-corrected chi connectivity index (χ1v) is 10.9. The summed E-state index contributed by atoms with van der Waals surface area (Å²) < 4.78 is 0. The Hall–Kier alpha value is -2.93. The topological polar surface area (TPSA) is 74.1 Å². The summed E-state index contributed by atoms with van der Waals surface area (Å²) in [6, 6.07) is 13.1. The summed E-state index contributed by atoms with van der Waals surface area (Å²) in [5.41, 5.74) is 4.48. The number of amides is 2. The molecule has 2 aliphatic rings. The molecular weight excluding hydrogens is 396 g/mol. The number of carbonyl (C=O) groups excluding carboxylic acids is 2. The van der Waals surface area contributed by atoms with Gasteiger partial charge in [0.15, 0.2) is 5.17 Å². The number of nitrogens with one attached hydrogen (secondary N) is 1. The van der Waals surface area contributed by atoms with Crippen molar-refractivity contribution in [2.75, 3.05) is 5.32 Å². The molecule has 2 aromatic rings. The van der Waals surface area contributed by atoms with E-state index in [2.05, 4.69) is 10.3 Å². The van der Waals surface area contributed by atoms with E-state index in [9.17, 15) is 9.59 Å². The summed E-state index contributed by atoms with van der Waals surface area (Å²) in [6.07, 6.45) is 0.603. The number of anilines is 1. The maximum atomic E-state index is 13.1. The molecule has 0 radical (unpaired) electrons. The highest BCUT2D eigenvalue weighted by molar-refractivity contribution is 8.15. The Balaban J connectivity index is 1.63. The number of carbonyl (C=O) groups is 2. The number of nitrogens with zero attached hydrogens (tertiary/aromatic N) is 3. The van der Waals surface area contributed by atoms with Gasteiger partial charge in [0.2, 0.25) is 5.91 Å². The molecule has 0 spiro atoms. The van der Waals surface area contributed by atoms with E-state index in [0.29, 0.717) is 17.4 Å². The predicted octanol–water partition coefficient (Wildman–Crippen LogP) is 4.43. The van der Waals surface area contributed by atoms with Crippen LogP contribution in [0.4, 0.5) is 11.4 Å². The lowest BCUT2D eigenvalue weighted by molar-refractivity contribution is -0.124. The Morgan fingerprint density at radius 2 is 1.87 bits per heavy atom. The Morgan fingerprint density at radius 3 is 2.57 bits per heavy atom. The van der Waals surface area contributed by atoms with Gasteiger partial charge in [0.1, 0.15) is 11.9 Å². The van der Waals surface area contributed by atoms with Crippen molar-refractivity contribution in [2.24, 2.45) is 9.98 Å². The first-order chi connectivity index (χ1) is 14.4. The minimum atomic E-state index is -0.458. The molecule has 0 saturated carbocycles. The van der Waals surface area contributed by atoms with Crippen molar-refractivity contribution in [1.29, 1.82) is 0 Å². The fourth-order valence-corrected chi connectivity index (χ4v) is 4.64. The van der Waals surface area contributed by atoms with E-state index in [1.165, 1.54) is 11.8 Å². The number of hydrogen-bond donors (Lipinski definition) is 1. The number of fused-ring (bicyclic) bond motifs is 3. The number of thioether (sulfide) groups is 1. The SMILES string of the molecule is CCC(SC1=Nc2ccccc2C2=NC(C)C(=O)N12)C(=O)Nc1c(C)cccc1C. The molecule has 0 saturated heterocycles. The van der Waals surface area contributed by atoms with Gasteiger partial charge in [-0.15, -0.1) is 0 Å². The van der Waals surface area contributed by atoms with Crippen LogP contribution in [0.25, 0.3) is 0 Å². The molecule has 0 bridgehead atoms. The molecular formula is C23H24N4O2S. The molecule has 4 rings (SSSR count). The predicted molar refractivity (Wildman–Crippen MR) is 123 cm³/mol. The van der Waals surface area contributed by atoms with Crippen molar-refractivity contribution >= 4 is 46.0 Å². The second kappa shape index (κ2) is 8.07. The quantitative estimate of drug-likeness (QED) is 0.795. The van der Waals surface area contributed by atoms with E-state index in [0.717, 1.165) is 28.1 Å². The van der Waals surface area contributed by atoms with E-state index in [1.54, 1.807) is 11.8 Å². The van der Waals surface area contributed by atoms with Gasteiger partial charge in [0.25, 0.3) is 5.91 Å². The molecule has 7 heteroatoms. The first-order valence-electron chi connectivity index (χ1n) is 10.0. The van der Waals surface area contributed by atoms with Crippen molar-refractivity contribution in [3.63, 3.8) is 0 Å². The molecule has 2 atom stereocenters. The molecule has 1 N–H and O–H groups in total. The van der Waals surface area contributed by atoms with Crippen LogP contribution in [0, 0.1) is 13.8 Å². The largest absolute Gasteiger partial charge is 0.325 e. The first kappa shape index (κ1) is 20.3. The van der Waals surface area contributed by atoms with E-state index in [-0.39, 0.29) is 11.8 Å². The van der Waals surface area contributed by atoms with Crippen LogP contribution in [0.2, 0.25) is 0 Å². The molecule has 6 nitrogen and oxygen atoms in total. The molecule has 0 aromatic heterocycles. The lowest BCUT2D eigenvalue weighted by Crippen LogP contribution is -2.42. The minimum absolute atomic E-state index is 0.0976. The van der Waals surface area contributed by atoms with Crippen molar-refractivity contribution in [1.82, 2.24) is 4.90 Å². The average Bonchev–Trinajstić information content (AvgIpc) is 3.04. The zero-order valence-corrected chi connectivity index (χ0v) is 18.3. The van der Waals surface area contributed by atoms with Gasteiger partial charge in [-0.1, -0.05) is 49.0 Å². The number of hydrogen-bond acceptors (Lipinski definition) is 5. The molecule has 30 heavy (non-hydrogen) atoms.